The zero-order chi connectivity index (χ0) is 18.8. The normalized spacial score (nSPS) is 18.4. The molecular formula is C21H18O4S. The van der Waals surface area contributed by atoms with Crippen LogP contribution in [0.15, 0.2) is 41.3 Å². The van der Waals surface area contributed by atoms with Gasteiger partial charge in [-0.25, -0.2) is 4.79 Å². The summed E-state index contributed by atoms with van der Waals surface area (Å²) in [6.07, 6.45) is 0. The summed E-state index contributed by atoms with van der Waals surface area (Å²) in [5.74, 6) is 5.41. The van der Waals surface area contributed by atoms with Gasteiger partial charge in [-0.05, 0) is 59.7 Å². The average Bonchev–Trinajstić information content (AvgIpc) is 2.62. The molecule has 1 heterocycles. The molecule has 0 spiro atoms. The number of phenols is 1. The van der Waals surface area contributed by atoms with Crippen LogP contribution in [0.2, 0.25) is 0 Å². The average molecular weight is 366 g/mol. The second-order valence-electron chi connectivity index (χ2n) is 6.45. The topological polar surface area (TPSA) is 74.6 Å². The number of hydrogen-bond donors (Lipinski definition) is 2. The van der Waals surface area contributed by atoms with Crippen molar-refractivity contribution < 1.29 is 19.8 Å². The van der Waals surface area contributed by atoms with Crippen LogP contribution in [-0.2, 0) is 0 Å². The molecule has 3 rings (SSSR count). The highest BCUT2D eigenvalue weighted by atomic mass is 32.2. The van der Waals surface area contributed by atoms with Crippen molar-refractivity contribution in [2.75, 3.05) is 5.75 Å². The highest BCUT2D eigenvalue weighted by molar-refractivity contribution is 7.99. The van der Waals surface area contributed by atoms with Crippen LogP contribution in [0.25, 0.3) is 0 Å². The quantitative estimate of drug-likeness (QED) is 0.616. The van der Waals surface area contributed by atoms with Gasteiger partial charge in [0.25, 0.3) is 0 Å². The lowest BCUT2D eigenvalue weighted by Crippen LogP contribution is -2.15. The lowest BCUT2D eigenvalue weighted by molar-refractivity contribution is 0.0693. The molecule has 132 valence electrons. The Morgan fingerprint density at radius 2 is 1.92 bits per heavy atom. The molecule has 0 aliphatic carbocycles. The monoisotopic (exact) mass is 366 g/mol. The van der Waals surface area contributed by atoms with Crippen molar-refractivity contribution in [3.63, 3.8) is 0 Å². The SMILES string of the molecule is CC1CSc2ccc(C(=O)C#Cc3ccc(C(=O)O)c(O)c3)cc2C1C. The number of carboxylic acids is 1. The number of carbonyl (C=O) groups excluding carboxylic acids is 1. The molecule has 0 aromatic heterocycles. The molecule has 0 radical (unpaired) electrons. The first-order chi connectivity index (χ1) is 12.4. The molecule has 0 amide bonds. The Hall–Kier alpha value is -2.71. The van der Waals surface area contributed by atoms with Crippen molar-refractivity contribution in [2.24, 2.45) is 5.92 Å². The van der Waals surface area contributed by atoms with Crippen molar-refractivity contribution >= 4 is 23.5 Å². The minimum atomic E-state index is -1.21. The van der Waals surface area contributed by atoms with Gasteiger partial charge in [-0.2, -0.15) is 0 Å². The van der Waals surface area contributed by atoms with Gasteiger partial charge in [0.05, 0.1) is 0 Å². The summed E-state index contributed by atoms with van der Waals surface area (Å²) in [6.45, 7) is 4.39. The van der Waals surface area contributed by atoms with Gasteiger partial charge in [0.1, 0.15) is 11.3 Å². The fourth-order valence-corrected chi connectivity index (χ4v) is 4.15. The minimum absolute atomic E-state index is 0.197. The molecule has 26 heavy (non-hydrogen) atoms. The number of aromatic carboxylic acids is 1. The molecule has 0 saturated heterocycles. The zero-order valence-electron chi connectivity index (χ0n) is 14.4. The van der Waals surface area contributed by atoms with Gasteiger partial charge < -0.3 is 10.2 Å². The molecule has 4 nitrogen and oxygen atoms in total. The van der Waals surface area contributed by atoms with Crippen molar-refractivity contribution in [1.82, 2.24) is 0 Å². The summed E-state index contributed by atoms with van der Waals surface area (Å²) in [5, 5.41) is 18.6. The molecule has 2 atom stereocenters. The molecule has 0 fully saturated rings. The number of ketones is 1. The third-order valence-electron chi connectivity index (χ3n) is 4.67. The summed E-state index contributed by atoms with van der Waals surface area (Å²) < 4.78 is 0. The van der Waals surface area contributed by atoms with E-state index in [0.717, 1.165) is 5.75 Å². The Morgan fingerprint density at radius 3 is 2.62 bits per heavy atom. The highest BCUT2D eigenvalue weighted by Crippen LogP contribution is 2.40. The van der Waals surface area contributed by atoms with E-state index in [1.165, 1.54) is 28.7 Å². The summed E-state index contributed by atoms with van der Waals surface area (Å²) in [4.78, 5) is 24.5. The molecule has 0 bridgehead atoms. The molecule has 1 aliphatic heterocycles. The predicted molar refractivity (Wildman–Crippen MR) is 101 cm³/mol. The van der Waals surface area contributed by atoms with E-state index in [4.69, 9.17) is 5.11 Å². The van der Waals surface area contributed by atoms with Crippen LogP contribution in [0.4, 0.5) is 0 Å². The molecule has 5 heteroatoms. The first-order valence-corrected chi connectivity index (χ1v) is 9.24. The van der Waals surface area contributed by atoms with E-state index in [0.29, 0.717) is 23.0 Å². The van der Waals surface area contributed by atoms with E-state index in [-0.39, 0.29) is 17.1 Å². The molecule has 0 saturated carbocycles. The van der Waals surface area contributed by atoms with Crippen molar-refractivity contribution in [1.29, 1.82) is 0 Å². The second-order valence-corrected chi connectivity index (χ2v) is 7.51. The van der Waals surface area contributed by atoms with Crippen molar-refractivity contribution in [3.8, 4) is 17.6 Å². The summed E-state index contributed by atoms with van der Waals surface area (Å²) in [6, 6.07) is 9.67. The van der Waals surface area contributed by atoms with Crippen LogP contribution in [0.1, 0.15) is 51.6 Å². The Balaban J connectivity index is 1.85. The molecule has 2 aromatic rings. The highest BCUT2D eigenvalue weighted by Gasteiger charge is 2.24. The number of rotatable bonds is 2. The maximum absolute atomic E-state index is 12.4. The summed E-state index contributed by atoms with van der Waals surface area (Å²) in [7, 11) is 0. The van der Waals surface area contributed by atoms with Crippen molar-refractivity contribution in [2.45, 2.75) is 24.7 Å². The minimum Gasteiger partial charge on any atom is -0.507 e. The number of thioether (sulfide) groups is 1. The zero-order valence-corrected chi connectivity index (χ0v) is 15.3. The van der Waals surface area contributed by atoms with E-state index in [1.807, 2.05) is 23.9 Å². The Morgan fingerprint density at radius 1 is 1.15 bits per heavy atom. The molecule has 2 N–H and O–H groups in total. The van der Waals surface area contributed by atoms with Gasteiger partial charge in [0.2, 0.25) is 5.78 Å². The fourth-order valence-electron chi connectivity index (χ4n) is 2.84. The van der Waals surface area contributed by atoms with E-state index >= 15 is 0 Å². The van der Waals surface area contributed by atoms with Crippen LogP contribution in [0, 0.1) is 17.8 Å². The largest absolute Gasteiger partial charge is 0.507 e. The second kappa shape index (κ2) is 7.27. The molecular weight excluding hydrogens is 348 g/mol. The lowest BCUT2D eigenvalue weighted by atomic mass is 9.88. The molecule has 2 aromatic carbocycles. The standard InChI is InChI=1S/C21H18O4S/c1-12-11-26-20-8-5-15(10-17(20)13(12)2)18(22)7-4-14-3-6-16(21(24)25)19(23)9-14/h3,5-6,8-10,12-13,23H,11H2,1-2H3,(H,24,25). The Labute approximate surface area is 156 Å². The summed E-state index contributed by atoms with van der Waals surface area (Å²) in [5.41, 5.74) is 1.92. The van der Waals surface area contributed by atoms with Crippen LogP contribution in [0.5, 0.6) is 5.75 Å². The van der Waals surface area contributed by atoms with Gasteiger partial charge in [-0.3, -0.25) is 4.79 Å². The van der Waals surface area contributed by atoms with E-state index in [2.05, 4.69) is 25.7 Å². The van der Waals surface area contributed by atoms with Crippen LogP contribution >= 0.6 is 11.8 Å². The van der Waals surface area contributed by atoms with Crippen molar-refractivity contribution in [3.05, 3.63) is 58.7 Å². The number of Topliss-reactive ketones (excluding diaryl/α,β-unsaturated/α-hetero) is 1. The summed E-state index contributed by atoms with van der Waals surface area (Å²) >= 11 is 1.81. The maximum Gasteiger partial charge on any atom is 0.339 e. The third kappa shape index (κ3) is 3.61. The Bertz CT molecular complexity index is 952. The smallest absolute Gasteiger partial charge is 0.339 e. The first-order valence-electron chi connectivity index (χ1n) is 8.26. The van der Waals surface area contributed by atoms with Gasteiger partial charge in [0.15, 0.2) is 0 Å². The lowest BCUT2D eigenvalue weighted by Gasteiger charge is -2.28. The van der Waals surface area contributed by atoms with Crippen LogP contribution < -0.4 is 0 Å². The number of fused-ring (bicyclic) bond motifs is 1. The Kier molecular flexibility index (Phi) is 5.06. The molecule has 2 unspecified atom stereocenters. The molecule has 1 aliphatic rings. The number of carboxylic acid groups (broad SMARTS) is 1. The van der Waals surface area contributed by atoms with E-state index < -0.39 is 5.97 Å². The fraction of sp³-hybridized carbons (Fsp3) is 0.238. The van der Waals surface area contributed by atoms with Gasteiger partial charge in [-0.1, -0.05) is 19.8 Å². The number of carbonyl (C=O) groups is 2. The number of hydrogen-bond acceptors (Lipinski definition) is 4. The van der Waals surface area contributed by atoms with Crippen LogP contribution in [-0.4, -0.2) is 27.7 Å². The van der Waals surface area contributed by atoms with Crippen LogP contribution in [0.3, 0.4) is 0 Å². The third-order valence-corrected chi connectivity index (χ3v) is 6.04. The maximum atomic E-state index is 12.4. The number of benzene rings is 2. The van der Waals surface area contributed by atoms with E-state index in [1.54, 1.807) is 6.07 Å². The number of aromatic hydroxyl groups is 1. The van der Waals surface area contributed by atoms with Gasteiger partial charge in [0, 0.05) is 21.8 Å². The van der Waals surface area contributed by atoms with Gasteiger partial charge in [-0.15, -0.1) is 11.8 Å². The predicted octanol–water partition coefficient (Wildman–Crippen LogP) is 4.17. The van der Waals surface area contributed by atoms with Gasteiger partial charge >= 0.3 is 5.97 Å². The van der Waals surface area contributed by atoms with E-state index in [9.17, 15) is 14.7 Å². The first kappa shape index (κ1) is 18.1.